The van der Waals surface area contributed by atoms with E-state index in [0.29, 0.717) is 30.6 Å². The van der Waals surface area contributed by atoms with Gasteiger partial charge in [-0.15, -0.1) is 0 Å². The number of rotatable bonds is 9. The lowest BCUT2D eigenvalue weighted by Crippen LogP contribution is -2.40. The maximum Gasteiger partial charge on any atom is 0.433 e. The Morgan fingerprint density at radius 3 is 2.54 bits per heavy atom. The van der Waals surface area contributed by atoms with Crippen LogP contribution >= 0.6 is 0 Å². The van der Waals surface area contributed by atoms with Gasteiger partial charge in [-0.3, -0.25) is 9.78 Å². The van der Waals surface area contributed by atoms with E-state index in [4.69, 9.17) is 4.74 Å². The number of aryl methyl sites for hydroxylation is 1. The van der Waals surface area contributed by atoms with E-state index in [1.807, 2.05) is 0 Å². The van der Waals surface area contributed by atoms with Crippen molar-refractivity contribution in [1.29, 1.82) is 0 Å². The van der Waals surface area contributed by atoms with Crippen molar-refractivity contribution < 1.29 is 35.5 Å². The number of ketones is 1. The molecule has 0 saturated carbocycles. The third-order valence-electron chi connectivity index (χ3n) is 6.07. The Balaban J connectivity index is 1.36. The molecule has 37 heavy (non-hydrogen) atoms. The molecular formula is C26H24F4N2O4S. The van der Waals surface area contributed by atoms with Gasteiger partial charge in [-0.25, -0.2) is 12.8 Å². The normalized spacial score (nSPS) is 16.6. The number of hydrogen-bond acceptors (Lipinski definition) is 5. The molecule has 2 aromatic carbocycles. The molecule has 0 N–H and O–H groups in total. The van der Waals surface area contributed by atoms with Crippen LogP contribution in [-0.2, 0) is 34.0 Å². The molecule has 0 amide bonds. The first-order valence-electron chi connectivity index (χ1n) is 11.6. The summed E-state index contributed by atoms with van der Waals surface area (Å²) in [6, 6.07) is 12.9. The highest BCUT2D eigenvalue weighted by atomic mass is 32.2. The molecule has 3 aromatic rings. The van der Waals surface area contributed by atoms with Gasteiger partial charge in [-0.2, -0.15) is 17.5 Å². The predicted molar refractivity (Wildman–Crippen MR) is 127 cm³/mol. The number of ether oxygens (including phenoxy) is 1. The number of halogens is 4. The summed E-state index contributed by atoms with van der Waals surface area (Å²) in [5, 5.41) is 0. The summed E-state index contributed by atoms with van der Waals surface area (Å²) in [5.41, 5.74) is 0.0809. The number of hydrogen-bond donors (Lipinski definition) is 0. The average molecular weight is 537 g/mol. The van der Waals surface area contributed by atoms with E-state index < -0.39 is 33.8 Å². The summed E-state index contributed by atoms with van der Waals surface area (Å²) in [5.74, 6) is -0.339. The van der Waals surface area contributed by atoms with Gasteiger partial charge in [0.25, 0.3) is 0 Å². The Morgan fingerprint density at radius 2 is 1.81 bits per heavy atom. The van der Waals surface area contributed by atoms with Crippen molar-refractivity contribution in [3.8, 4) is 5.75 Å². The lowest BCUT2D eigenvalue weighted by Gasteiger charge is -2.23. The number of Topliss-reactive ketones (excluding diaryl/α,β-unsaturated/α-hetero) is 1. The predicted octanol–water partition coefficient (Wildman–Crippen LogP) is 5.17. The van der Waals surface area contributed by atoms with Gasteiger partial charge >= 0.3 is 6.18 Å². The molecule has 1 atom stereocenters. The van der Waals surface area contributed by atoms with Crippen molar-refractivity contribution in [3.63, 3.8) is 0 Å². The number of pyridine rings is 1. The van der Waals surface area contributed by atoms with Crippen molar-refractivity contribution in [1.82, 2.24) is 9.29 Å². The minimum absolute atomic E-state index is 0.0602. The second-order valence-corrected chi connectivity index (χ2v) is 10.6. The summed E-state index contributed by atoms with van der Waals surface area (Å²) in [4.78, 5) is 16.2. The van der Waals surface area contributed by atoms with Gasteiger partial charge in [0.15, 0.2) is 5.78 Å². The van der Waals surface area contributed by atoms with Gasteiger partial charge in [0.05, 0.1) is 10.9 Å². The third-order valence-corrected chi connectivity index (χ3v) is 8.00. The molecule has 0 unspecified atom stereocenters. The van der Waals surface area contributed by atoms with Crippen LogP contribution in [0.4, 0.5) is 17.6 Å². The van der Waals surface area contributed by atoms with E-state index in [-0.39, 0.29) is 30.3 Å². The molecule has 6 nitrogen and oxygen atoms in total. The van der Waals surface area contributed by atoms with Crippen LogP contribution in [0.25, 0.3) is 0 Å². The number of carbonyl (C=O) groups excluding carboxylic acids is 1. The summed E-state index contributed by atoms with van der Waals surface area (Å²) < 4.78 is 84.6. The number of sulfonamides is 1. The fourth-order valence-corrected chi connectivity index (χ4v) is 5.88. The minimum atomic E-state index is -4.55. The Bertz CT molecular complexity index is 1360. The second kappa shape index (κ2) is 11.0. The van der Waals surface area contributed by atoms with Crippen LogP contribution in [0.5, 0.6) is 5.75 Å². The Kier molecular flexibility index (Phi) is 7.93. The monoisotopic (exact) mass is 536 g/mol. The molecule has 1 saturated heterocycles. The quantitative estimate of drug-likeness (QED) is 0.353. The van der Waals surface area contributed by atoms with Gasteiger partial charge in [0, 0.05) is 19.2 Å². The first kappa shape index (κ1) is 26.7. The topological polar surface area (TPSA) is 76.6 Å². The fourth-order valence-electron chi connectivity index (χ4n) is 4.20. The van der Waals surface area contributed by atoms with Gasteiger partial charge in [0.1, 0.15) is 23.9 Å². The zero-order valence-electron chi connectivity index (χ0n) is 19.6. The first-order valence-corrected chi connectivity index (χ1v) is 13.0. The Hall–Kier alpha value is -3.31. The lowest BCUT2D eigenvalue weighted by molar-refractivity contribution is -0.141. The average Bonchev–Trinajstić information content (AvgIpc) is 3.38. The maximum absolute atomic E-state index is 13.2. The largest absolute Gasteiger partial charge is 0.489 e. The number of carbonyl (C=O) groups is 1. The highest BCUT2D eigenvalue weighted by molar-refractivity contribution is 7.89. The Morgan fingerprint density at radius 1 is 1.05 bits per heavy atom. The molecule has 1 aliphatic heterocycles. The van der Waals surface area contributed by atoms with Gasteiger partial charge in [-0.05, 0) is 78.9 Å². The summed E-state index contributed by atoms with van der Waals surface area (Å²) >= 11 is 0. The maximum atomic E-state index is 13.2. The standard InChI is InChI=1S/C26H24F4N2O4S/c27-20-7-9-22(10-8-20)37(34,35)32-14-2-5-23(32)24(33)11-6-18-3-1-4-21(15-18)36-17-19-12-13-31-25(16-19)26(28,29)30/h1,3-4,7-10,12-13,15-16,23H,2,5-6,11,14,17H2/t23-/m0/s1. The molecule has 196 valence electrons. The smallest absolute Gasteiger partial charge is 0.433 e. The summed E-state index contributed by atoms with van der Waals surface area (Å²) in [6.45, 7) is 0.122. The summed E-state index contributed by atoms with van der Waals surface area (Å²) in [7, 11) is -3.93. The van der Waals surface area contributed by atoms with Crippen LogP contribution in [0, 0.1) is 5.82 Å². The molecule has 1 aliphatic rings. The van der Waals surface area contributed by atoms with E-state index in [1.165, 1.54) is 22.5 Å². The summed E-state index contributed by atoms with van der Waals surface area (Å²) in [6.07, 6.45) is -2.07. The highest BCUT2D eigenvalue weighted by Gasteiger charge is 2.39. The molecular weight excluding hydrogens is 512 g/mol. The second-order valence-electron chi connectivity index (χ2n) is 8.68. The van der Waals surface area contributed by atoms with Gasteiger partial charge in [-0.1, -0.05) is 12.1 Å². The van der Waals surface area contributed by atoms with E-state index in [2.05, 4.69) is 4.98 Å². The van der Waals surface area contributed by atoms with Crippen LogP contribution in [0.15, 0.2) is 71.8 Å². The number of nitrogens with zero attached hydrogens (tertiary/aromatic N) is 2. The van der Waals surface area contributed by atoms with Crippen LogP contribution in [-0.4, -0.2) is 36.1 Å². The molecule has 11 heteroatoms. The van der Waals surface area contributed by atoms with E-state index in [1.54, 1.807) is 24.3 Å². The zero-order valence-corrected chi connectivity index (χ0v) is 20.4. The Labute approximate surface area is 212 Å². The van der Waals surface area contributed by atoms with Gasteiger partial charge < -0.3 is 4.74 Å². The van der Waals surface area contributed by atoms with Crippen LogP contribution in [0.3, 0.4) is 0 Å². The molecule has 0 bridgehead atoms. The van der Waals surface area contributed by atoms with Crippen LogP contribution in [0.2, 0.25) is 0 Å². The lowest BCUT2D eigenvalue weighted by atomic mass is 10.0. The van der Waals surface area contributed by atoms with Gasteiger partial charge in [0.2, 0.25) is 10.0 Å². The molecule has 4 rings (SSSR count). The van der Waals surface area contributed by atoms with Crippen molar-refractivity contribution in [2.24, 2.45) is 0 Å². The van der Waals surface area contributed by atoms with Crippen molar-refractivity contribution in [3.05, 3.63) is 89.5 Å². The van der Waals surface area contributed by atoms with Crippen molar-refractivity contribution >= 4 is 15.8 Å². The molecule has 0 spiro atoms. The fraction of sp³-hybridized carbons (Fsp3) is 0.308. The highest BCUT2D eigenvalue weighted by Crippen LogP contribution is 2.29. The number of aromatic nitrogens is 1. The SMILES string of the molecule is O=C(CCc1cccc(OCc2ccnc(C(F)(F)F)c2)c1)[C@@H]1CCCN1S(=O)(=O)c1ccc(F)cc1. The van der Waals surface area contributed by atoms with E-state index in [9.17, 15) is 30.8 Å². The first-order chi connectivity index (χ1) is 17.5. The van der Waals surface area contributed by atoms with E-state index >= 15 is 0 Å². The third kappa shape index (κ3) is 6.53. The zero-order chi connectivity index (χ0) is 26.6. The number of benzene rings is 2. The van der Waals surface area contributed by atoms with Crippen LogP contribution < -0.4 is 4.74 Å². The van der Waals surface area contributed by atoms with Crippen LogP contribution in [0.1, 0.15) is 36.1 Å². The van der Waals surface area contributed by atoms with Crippen molar-refractivity contribution in [2.75, 3.05) is 6.54 Å². The number of alkyl halides is 3. The molecule has 1 fully saturated rings. The molecule has 2 heterocycles. The molecule has 1 aromatic heterocycles. The minimum Gasteiger partial charge on any atom is -0.489 e. The molecule has 0 aliphatic carbocycles. The van der Waals surface area contributed by atoms with Crippen molar-refractivity contribution in [2.45, 2.75) is 49.4 Å². The molecule has 0 radical (unpaired) electrons. The van der Waals surface area contributed by atoms with E-state index in [0.717, 1.165) is 30.0 Å².